The van der Waals surface area contributed by atoms with Crippen molar-refractivity contribution in [2.45, 2.75) is 59.5 Å². The van der Waals surface area contributed by atoms with Gasteiger partial charge in [0.15, 0.2) is 6.10 Å². The number of hydrogen-bond donors (Lipinski definition) is 1. The van der Waals surface area contributed by atoms with Crippen LogP contribution in [0.5, 0.6) is 5.75 Å². The van der Waals surface area contributed by atoms with Gasteiger partial charge < -0.3 is 15.0 Å². The molecular weight excluding hydrogens is 328 g/mol. The van der Waals surface area contributed by atoms with Gasteiger partial charge in [-0.15, -0.1) is 0 Å². The molecule has 26 heavy (non-hydrogen) atoms. The van der Waals surface area contributed by atoms with Gasteiger partial charge in [0.2, 0.25) is 5.91 Å². The Bertz CT molecular complexity index is 642. The molecule has 0 spiro atoms. The van der Waals surface area contributed by atoms with Crippen LogP contribution in [0.25, 0.3) is 0 Å². The monoisotopic (exact) mass is 360 g/mol. The summed E-state index contributed by atoms with van der Waals surface area (Å²) in [5.41, 5.74) is 2.46. The molecule has 1 saturated heterocycles. The number of carbonyl (C=O) groups excluding carboxylic acids is 2. The van der Waals surface area contributed by atoms with E-state index in [1.165, 1.54) is 11.1 Å². The van der Waals surface area contributed by atoms with Crippen molar-refractivity contribution in [2.24, 2.45) is 5.92 Å². The number of nitrogens with one attached hydrogen (secondary N) is 1. The van der Waals surface area contributed by atoms with Gasteiger partial charge in [-0.05, 0) is 62.8 Å². The maximum atomic E-state index is 12.8. The van der Waals surface area contributed by atoms with Crippen LogP contribution in [-0.2, 0) is 9.59 Å². The molecule has 1 heterocycles. The van der Waals surface area contributed by atoms with Gasteiger partial charge in [-0.2, -0.15) is 0 Å². The molecule has 2 unspecified atom stereocenters. The average Bonchev–Trinajstić information content (AvgIpc) is 2.61. The van der Waals surface area contributed by atoms with Crippen molar-refractivity contribution >= 4 is 11.8 Å². The van der Waals surface area contributed by atoms with Crippen LogP contribution < -0.4 is 10.1 Å². The predicted octanol–water partition coefficient (Wildman–Crippen LogP) is 3.26. The zero-order valence-corrected chi connectivity index (χ0v) is 16.7. The highest BCUT2D eigenvalue weighted by Gasteiger charge is 2.30. The van der Waals surface area contributed by atoms with Crippen molar-refractivity contribution in [3.63, 3.8) is 0 Å². The molecule has 1 aromatic rings. The highest BCUT2D eigenvalue weighted by atomic mass is 16.5. The number of rotatable bonds is 6. The quantitative estimate of drug-likeness (QED) is 0.847. The zero-order chi connectivity index (χ0) is 19.3. The molecule has 1 aliphatic rings. The molecule has 0 aromatic heterocycles. The summed E-state index contributed by atoms with van der Waals surface area (Å²) in [5.74, 6) is 1.04. The van der Waals surface area contributed by atoms with Crippen LogP contribution in [0.1, 0.15) is 57.6 Å². The molecule has 144 valence electrons. The summed E-state index contributed by atoms with van der Waals surface area (Å²) in [6.07, 6.45) is 1.12. The number of hydrogen-bond acceptors (Lipinski definition) is 3. The first kappa shape index (κ1) is 20.3. The number of likely N-dealkylation sites (tertiary alicyclic amines) is 1. The van der Waals surface area contributed by atoms with E-state index in [0.29, 0.717) is 31.3 Å². The minimum atomic E-state index is -0.563. The van der Waals surface area contributed by atoms with E-state index in [1.807, 2.05) is 19.1 Å². The van der Waals surface area contributed by atoms with E-state index in [-0.39, 0.29) is 17.7 Å². The van der Waals surface area contributed by atoms with Crippen molar-refractivity contribution < 1.29 is 14.3 Å². The second-order valence-corrected chi connectivity index (χ2v) is 7.45. The fourth-order valence-electron chi connectivity index (χ4n) is 3.59. The molecule has 1 aliphatic heterocycles. The van der Waals surface area contributed by atoms with Crippen LogP contribution in [0.2, 0.25) is 0 Å². The standard InChI is InChI=1S/C21H32N2O3/c1-6-22-20(24)17-8-7-11-23(13-17)21(25)16(5)26-18-9-10-19(14(2)3)15(4)12-18/h9-10,12,14,16-17H,6-8,11,13H2,1-5H3,(H,22,24). The van der Waals surface area contributed by atoms with Gasteiger partial charge in [-0.3, -0.25) is 9.59 Å². The Morgan fingerprint density at radius 1 is 1.31 bits per heavy atom. The van der Waals surface area contributed by atoms with Crippen LogP contribution >= 0.6 is 0 Å². The third kappa shape index (κ3) is 4.99. The van der Waals surface area contributed by atoms with Crippen LogP contribution in [0.15, 0.2) is 18.2 Å². The van der Waals surface area contributed by atoms with Gasteiger partial charge in [0, 0.05) is 19.6 Å². The topological polar surface area (TPSA) is 58.6 Å². The largest absolute Gasteiger partial charge is 0.481 e. The van der Waals surface area contributed by atoms with Gasteiger partial charge in [-0.25, -0.2) is 0 Å². The third-order valence-corrected chi connectivity index (χ3v) is 4.98. The van der Waals surface area contributed by atoms with Crippen LogP contribution in [0.3, 0.4) is 0 Å². The molecule has 0 bridgehead atoms. The van der Waals surface area contributed by atoms with Crippen molar-refractivity contribution in [3.8, 4) is 5.75 Å². The number of piperidine rings is 1. The number of carbonyl (C=O) groups is 2. The molecule has 2 rings (SSSR count). The predicted molar refractivity (Wildman–Crippen MR) is 103 cm³/mol. The zero-order valence-electron chi connectivity index (χ0n) is 16.7. The Morgan fingerprint density at radius 2 is 2.04 bits per heavy atom. The lowest BCUT2D eigenvalue weighted by molar-refractivity contribution is -0.141. The van der Waals surface area contributed by atoms with Crippen molar-refractivity contribution in [2.75, 3.05) is 19.6 Å². The number of benzene rings is 1. The molecule has 0 aliphatic carbocycles. The van der Waals surface area contributed by atoms with E-state index < -0.39 is 6.10 Å². The molecule has 2 atom stereocenters. The summed E-state index contributed by atoms with van der Waals surface area (Å²) in [5, 5.41) is 2.86. The smallest absolute Gasteiger partial charge is 0.263 e. The molecular formula is C21H32N2O3. The molecule has 5 nitrogen and oxygen atoms in total. The van der Waals surface area contributed by atoms with Crippen LogP contribution in [0, 0.1) is 12.8 Å². The van der Waals surface area contributed by atoms with E-state index in [0.717, 1.165) is 12.8 Å². The summed E-state index contributed by atoms with van der Waals surface area (Å²) in [6, 6.07) is 5.99. The normalized spacial score (nSPS) is 18.5. The van der Waals surface area contributed by atoms with E-state index in [4.69, 9.17) is 4.74 Å². The SMILES string of the molecule is CCNC(=O)C1CCCN(C(=O)C(C)Oc2ccc(C(C)C)c(C)c2)C1. The Balaban J connectivity index is 1.98. The lowest BCUT2D eigenvalue weighted by Crippen LogP contribution is -2.49. The first-order valence-corrected chi connectivity index (χ1v) is 9.67. The Morgan fingerprint density at radius 3 is 2.65 bits per heavy atom. The Kier molecular flexibility index (Phi) is 7.06. The fourth-order valence-corrected chi connectivity index (χ4v) is 3.59. The summed E-state index contributed by atoms with van der Waals surface area (Å²) < 4.78 is 5.90. The van der Waals surface area contributed by atoms with Gasteiger partial charge in [0.25, 0.3) is 5.91 Å². The van der Waals surface area contributed by atoms with E-state index in [9.17, 15) is 9.59 Å². The maximum Gasteiger partial charge on any atom is 0.263 e. The molecule has 1 fully saturated rings. The van der Waals surface area contributed by atoms with E-state index in [1.54, 1.807) is 11.8 Å². The first-order valence-electron chi connectivity index (χ1n) is 9.67. The molecule has 2 amide bonds. The summed E-state index contributed by atoms with van der Waals surface area (Å²) >= 11 is 0. The molecule has 1 N–H and O–H groups in total. The lowest BCUT2D eigenvalue weighted by atomic mass is 9.96. The van der Waals surface area contributed by atoms with E-state index in [2.05, 4.69) is 32.2 Å². The minimum absolute atomic E-state index is 0.0403. The Hall–Kier alpha value is -2.04. The minimum Gasteiger partial charge on any atom is -0.481 e. The first-order chi connectivity index (χ1) is 12.3. The number of aryl methyl sites for hydroxylation is 1. The van der Waals surface area contributed by atoms with Crippen molar-refractivity contribution in [1.29, 1.82) is 0 Å². The van der Waals surface area contributed by atoms with Gasteiger partial charge in [-0.1, -0.05) is 19.9 Å². The second-order valence-electron chi connectivity index (χ2n) is 7.45. The van der Waals surface area contributed by atoms with Crippen LogP contribution in [0.4, 0.5) is 0 Å². The molecule has 5 heteroatoms. The van der Waals surface area contributed by atoms with Gasteiger partial charge in [0.1, 0.15) is 5.75 Å². The maximum absolute atomic E-state index is 12.8. The average molecular weight is 360 g/mol. The van der Waals surface area contributed by atoms with E-state index >= 15 is 0 Å². The highest BCUT2D eigenvalue weighted by Crippen LogP contribution is 2.25. The number of amides is 2. The highest BCUT2D eigenvalue weighted by molar-refractivity contribution is 5.83. The second kappa shape index (κ2) is 9.06. The number of nitrogens with zero attached hydrogens (tertiary/aromatic N) is 1. The fraction of sp³-hybridized carbons (Fsp3) is 0.619. The lowest BCUT2D eigenvalue weighted by Gasteiger charge is -2.33. The molecule has 0 radical (unpaired) electrons. The third-order valence-electron chi connectivity index (χ3n) is 4.98. The Labute approximate surface area is 157 Å². The van der Waals surface area contributed by atoms with Crippen molar-refractivity contribution in [1.82, 2.24) is 10.2 Å². The molecule has 1 aromatic carbocycles. The van der Waals surface area contributed by atoms with Crippen molar-refractivity contribution in [3.05, 3.63) is 29.3 Å². The molecule has 0 saturated carbocycles. The summed E-state index contributed by atoms with van der Waals surface area (Å²) in [4.78, 5) is 26.6. The summed E-state index contributed by atoms with van der Waals surface area (Å²) in [7, 11) is 0. The van der Waals surface area contributed by atoms with Gasteiger partial charge >= 0.3 is 0 Å². The van der Waals surface area contributed by atoms with Gasteiger partial charge in [0.05, 0.1) is 5.92 Å². The van der Waals surface area contributed by atoms with Crippen LogP contribution in [-0.4, -0.2) is 42.5 Å². The summed E-state index contributed by atoms with van der Waals surface area (Å²) in [6.45, 7) is 11.9. The number of ether oxygens (including phenoxy) is 1.